The lowest BCUT2D eigenvalue weighted by Gasteiger charge is -2.16. The van der Waals surface area contributed by atoms with Crippen LogP contribution in [0.25, 0.3) is 0 Å². The highest BCUT2D eigenvalue weighted by atomic mass is 35.7. The van der Waals surface area contributed by atoms with Gasteiger partial charge in [0, 0.05) is 36.1 Å². The molecule has 110 valence electrons. The molecule has 20 heavy (non-hydrogen) atoms. The molecule has 1 fully saturated rings. The molecule has 1 aromatic rings. The predicted octanol–water partition coefficient (Wildman–Crippen LogP) is 1.79. The average molecular weight is 320 g/mol. The molecule has 1 saturated heterocycles. The molecular formula is C13H15ClFNO3S. The Balaban J connectivity index is 1.91. The molecule has 0 saturated carbocycles. The first-order chi connectivity index (χ1) is 9.35. The van der Waals surface area contributed by atoms with E-state index in [1.54, 1.807) is 23.1 Å². The number of rotatable bonds is 5. The number of hydrogen-bond donors (Lipinski definition) is 0. The van der Waals surface area contributed by atoms with Gasteiger partial charge in [-0.25, -0.2) is 12.8 Å². The summed E-state index contributed by atoms with van der Waals surface area (Å²) in [5.41, 5.74) is 0.550. The third-order valence-electron chi connectivity index (χ3n) is 3.34. The molecule has 1 atom stereocenters. The van der Waals surface area contributed by atoms with E-state index in [-0.39, 0.29) is 29.8 Å². The summed E-state index contributed by atoms with van der Waals surface area (Å²) in [6, 6.07) is 6.41. The average Bonchev–Trinajstić information content (AvgIpc) is 2.66. The van der Waals surface area contributed by atoms with Crippen molar-refractivity contribution in [2.24, 2.45) is 5.92 Å². The van der Waals surface area contributed by atoms with Gasteiger partial charge in [0.15, 0.2) is 0 Å². The Morgan fingerprint density at radius 1 is 1.35 bits per heavy atom. The second-order valence-electron chi connectivity index (χ2n) is 4.96. The zero-order valence-corrected chi connectivity index (χ0v) is 12.3. The van der Waals surface area contributed by atoms with Crippen molar-refractivity contribution >= 4 is 25.6 Å². The molecule has 0 aliphatic carbocycles. The van der Waals surface area contributed by atoms with Gasteiger partial charge in [0.2, 0.25) is 15.0 Å². The van der Waals surface area contributed by atoms with Crippen molar-refractivity contribution in [1.29, 1.82) is 0 Å². The van der Waals surface area contributed by atoms with Crippen molar-refractivity contribution < 1.29 is 17.6 Å². The second kappa shape index (κ2) is 6.10. The standard InChI is InChI=1S/C13H15ClFNO3S/c14-20(18,19)9-10-7-13(17)16(8-10)6-5-11-3-1-2-4-12(11)15/h1-4,10H,5-9H2. The number of hydrogen-bond acceptors (Lipinski definition) is 3. The van der Waals surface area contributed by atoms with Gasteiger partial charge in [-0.2, -0.15) is 0 Å². The molecule has 1 aromatic carbocycles. The summed E-state index contributed by atoms with van der Waals surface area (Å²) in [7, 11) is 1.60. The van der Waals surface area contributed by atoms with Gasteiger partial charge in [-0.3, -0.25) is 4.79 Å². The van der Waals surface area contributed by atoms with Gasteiger partial charge in [-0.05, 0) is 18.1 Å². The summed E-state index contributed by atoms with van der Waals surface area (Å²) < 4.78 is 35.5. The highest BCUT2D eigenvalue weighted by Crippen LogP contribution is 2.21. The molecule has 1 heterocycles. The van der Waals surface area contributed by atoms with E-state index < -0.39 is 9.05 Å². The molecule has 0 aromatic heterocycles. The molecule has 2 rings (SSSR count). The van der Waals surface area contributed by atoms with Crippen LogP contribution in [0.3, 0.4) is 0 Å². The Morgan fingerprint density at radius 2 is 2.05 bits per heavy atom. The summed E-state index contributed by atoms with van der Waals surface area (Å²) >= 11 is 0. The van der Waals surface area contributed by atoms with Gasteiger partial charge in [0.25, 0.3) is 0 Å². The first-order valence-corrected chi connectivity index (χ1v) is 8.76. The third-order valence-corrected chi connectivity index (χ3v) is 4.59. The van der Waals surface area contributed by atoms with Crippen LogP contribution in [-0.2, 0) is 20.3 Å². The molecule has 4 nitrogen and oxygen atoms in total. The minimum absolute atomic E-state index is 0.105. The largest absolute Gasteiger partial charge is 0.342 e. The monoisotopic (exact) mass is 319 g/mol. The van der Waals surface area contributed by atoms with Crippen LogP contribution >= 0.6 is 10.7 Å². The van der Waals surface area contributed by atoms with Crippen molar-refractivity contribution in [2.45, 2.75) is 12.8 Å². The predicted molar refractivity (Wildman–Crippen MR) is 74.4 cm³/mol. The number of carbonyl (C=O) groups excluding carboxylic acids is 1. The van der Waals surface area contributed by atoms with Gasteiger partial charge in [0.05, 0.1) is 5.75 Å². The van der Waals surface area contributed by atoms with Crippen molar-refractivity contribution in [3.05, 3.63) is 35.6 Å². The van der Waals surface area contributed by atoms with Crippen LogP contribution in [0, 0.1) is 11.7 Å². The molecule has 7 heteroatoms. The lowest BCUT2D eigenvalue weighted by Crippen LogP contribution is -2.28. The minimum Gasteiger partial charge on any atom is -0.342 e. The summed E-state index contributed by atoms with van der Waals surface area (Å²) in [6.45, 7) is 0.748. The highest BCUT2D eigenvalue weighted by Gasteiger charge is 2.31. The summed E-state index contributed by atoms with van der Waals surface area (Å²) in [5, 5.41) is 0. The van der Waals surface area contributed by atoms with Crippen LogP contribution < -0.4 is 0 Å². The molecule has 0 N–H and O–H groups in total. The number of benzene rings is 1. The van der Waals surface area contributed by atoms with Crippen LogP contribution in [0.1, 0.15) is 12.0 Å². The fraction of sp³-hybridized carbons (Fsp3) is 0.462. The maximum Gasteiger partial charge on any atom is 0.232 e. The summed E-state index contributed by atoms with van der Waals surface area (Å²) in [4.78, 5) is 13.3. The lowest BCUT2D eigenvalue weighted by atomic mass is 10.1. The van der Waals surface area contributed by atoms with E-state index in [2.05, 4.69) is 0 Å². The molecule has 1 unspecified atom stereocenters. The van der Waals surface area contributed by atoms with E-state index in [1.807, 2.05) is 0 Å². The number of amides is 1. The van der Waals surface area contributed by atoms with Crippen molar-refractivity contribution in [1.82, 2.24) is 4.90 Å². The summed E-state index contributed by atoms with van der Waals surface area (Å²) in [5.74, 6) is -0.868. The number of likely N-dealkylation sites (tertiary alicyclic amines) is 1. The number of nitrogens with zero attached hydrogens (tertiary/aromatic N) is 1. The van der Waals surface area contributed by atoms with Crippen LogP contribution in [0.2, 0.25) is 0 Å². The molecule has 1 amide bonds. The second-order valence-corrected chi connectivity index (χ2v) is 7.78. The minimum atomic E-state index is -3.59. The van der Waals surface area contributed by atoms with Crippen LogP contribution in [-0.4, -0.2) is 38.1 Å². The molecule has 0 spiro atoms. The Kier molecular flexibility index (Phi) is 4.65. The van der Waals surface area contributed by atoms with Crippen LogP contribution in [0.15, 0.2) is 24.3 Å². The van der Waals surface area contributed by atoms with Gasteiger partial charge >= 0.3 is 0 Å². The van der Waals surface area contributed by atoms with E-state index in [0.717, 1.165) is 0 Å². The quantitative estimate of drug-likeness (QED) is 0.777. The van der Waals surface area contributed by atoms with Crippen molar-refractivity contribution in [2.75, 3.05) is 18.8 Å². The summed E-state index contributed by atoms with van der Waals surface area (Å²) in [6.07, 6.45) is 0.599. The Hall–Kier alpha value is -1.14. The molecular weight excluding hydrogens is 305 g/mol. The van der Waals surface area contributed by atoms with Gasteiger partial charge in [-0.1, -0.05) is 18.2 Å². The zero-order valence-electron chi connectivity index (χ0n) is 10.8. The lowest BCUT2D eigenvalue weighted by molar-refractivity contribution is -0.127. The molecule has 0 radical (unpaired) electrons. The van der Waals surface area contributed by atoms with Gasteiger partial charge < -0.3 is 4.90 Å². The number of carbonyl (C=O) groups is 1. The molecule has 1 aliphatic rings. The van der Waals surface area contributed by atoms with E-state index in [4.69, 9.17) is 10.7 Å². The van der Waals surface area contributed by atoms with E-state index in [0.29, 0.717) is 25.1 Å². The van der Waals surface area contributed by atoms with Gasteiger partial charge in [-0.15, -0.1) is 0 Å². The van der Waals surface area contributed by atoms with Crippen LogP contribution in [0.5, 0.6) is 0 Å². The maximum absolute atomic E-state index is 13.5. The molecule has 1 aliphatic heterocycles. The Morgan fingerprint density at radius 3 is 2.70 bits per heavy atom. The van der Waals surface area contributed by atoms with E-state index in [9.17, 15) is 17.6 Å². The van der Waals surface area contributed by atoms with Crippen LogP contribution in [0.4, 0.5) is 4.39 Å². The maximum atomic E-state index is 13.5. The smallest absolute Gasteiger partial charge is 0.232 e. The van der Waals surface area contributed by atoms with E-state index >= 15 is 0 Å². The topological polar surface area (TPSA) is 54.5 Å². The SMILES string of the molecule is O=C1CC(CS(=O)(=O)Cl)CN1CCc1ccccc1F. The first kappa shape index (κ1) is 15.3. The Bertz CT molecular complexity index is 605. The fourth-order valence-corrected chi connectivity index (χ4v) is 3.74. The van der Waals surface area contributed by atoms with Gasteiger partial charge in [0.1, 0.15) is 5.82 Å². The van der Waals surface area contributed by atoms with Crippen molar-refractivity contribution in [3.8, 4) is 0 Å². The molecule has 0 bridgehead atoms. The van der Waals surface area contributed by atoms with E-state index in [1.165, 1.54) is 6.07 Å². The Labute approximate surface area is 121 Å². The fourth-order valence-electron chi connectivity index (χ4n) is 2.42. The zero-order chi connectivity index (χ0) is 14.8. The normalized spacial score (nSPS) is 19.6. The third kappa shape index (κ3) is 4.18. The number of halogens is 2. The van der Waals surface area contributed by atoms with Crippen molar-refractivity contribution in [3.63, 3.8) is 0 Å². The first-order valence-electron chi connectivity index (χ1n) is 6.28. The highest BCUT2D eigenvalue weighted by molar-refractivity contribution is 8.13.